The minimum absolute atomic E-state index is 0.0297. The fraction of sp³-hybridized carbons (Fsp3) is 0.600. The lowest BCUT2D eigenvalue weighted by atomic mass is 10.1. The molecule has 0 radical (unpaired) electrons. The van der Waals surface area contributed by atoms with Crippen molar-refractivity contribution in [1.82, 2.24) is 4.31 Å². The summed E-state index contributed by atoms with van der Waals surface area (Å²) in [7, 11) is -3.88. The summed E-state index contributed by atoms with van der Waals surface area (Å²) >= 11 is 0. The van der Waals surface area contributed by atoms with Crippen molar-refractivity contribution in [2.45, 2.75) is 36.6 Å². The summed E-state index contributed by atoms with van der Waals surface area (Å²) < 4.78 is 72.7. The van der Waals surface area contributed by atoms with Crippen LogP contribution in [-0.2, 0) is 14.8 Å². The molecule has 0 bridgehead atoms. The molecule has 10 heteroatoms. The van der Waals surface area contributed by atoms with Crippen LogP contribution in [0.1, 0.15) is 19.3 Å². The summed E-state index contributed by atoms with van der Waals surface area (Å²) in [6.07, 6.45) is -3.10. The summed E-state index contributed by atoms with van der Waals surface area (Å²) in [5.41, 5.74) is 5.39. The van der Waals surface area contributed by atoms with E-state index < -0.39 is 22.1 Å². The van der Waals surface area contributed by atoms with E-state index in [1.54, 1.807) is 0 Å². The summed E-state index contributed by atoms with van der Waals surface area (Å²) in [4.78, 5) is -0.225. The Kier molecular flexibility index (Phi) is 6.66. The van der Waals surface area contributed by atoms with E-state index in [1.165, 1.54) is 16.4 Å². The number of halogens is 3. The molecule has 0 aromatic heterocycles. The average Bonchev–Trinajstić information content (AvgIpc) is 2.54. The zero-order chi connectivity index (χ0) is 18.5. The molecular weight excluding hydrogens is 361 g/mol. The number of benzene rings is 1. The van der Waals surface area contributed by atoms with Crippen LogP contribution in [-0.4, -0.2) is 51.4 Å². The Morgan fingerprint density at radius 1 is 1.24 bits per heavy atom. The third kappa shape index (κ3) is 5.84. The van der Waals surface area contributed by atoms with Crippen molar-refractivity contribution in [2.75, 3.05) is 26.2 Å². The first-order chi connectivity index (χ1) is 11.7. The molecule has 1 aromatic rings. The molecule has 1 aliphatic rings. The highest BCUT2D eigenvalue weighted by atomic mass is 32.2. The largest absolute Gasteiger partial charge is 0.573 e. The molecule has 0 amide bonds. The first-order valence-electron chi connectivity index (χ1n) is 7.90. The van der Waals surface area contributed by atoms with E-state index in [-0.39, 0.29) is 24.1 Å². The van der Waals surface area contributed by atoms with E-state index in [2.05, 4.69) is 4.74 Å². The molecule has 1 aliphatic heterocycles. The van der Waals surface area contributed by atoms with Crippen molar-refractivity contribution in [3.8, 4) is 5.75 Å². The number of nitrogens with zero attached hydrogens (tertiary/aromatic N) is 1. The van der Waals surface area contributed by atoms with Crippen molar-refractivity contribution in [3.63, 3.8) is 0 Å². The number of piperidine rings is 1. The average molecular weight is 382 g/mol. The molecule has 142 valence electrons. The predicted molar refractivity (Wildman–Crippen MR) is 84.5 cm³/mol. The highest BCUT2D eigenvalue weighted by molar-refractivity contribution is 7.89. The first-order valence-corrected chi connectivity index (χ1v) is 9.34. The Balaban J connectivity index is 2.01. The lowest BCUT2D eigenvalue weighted by Crippen LogP contribution is -2.41. The van der Waals surface area contributed by atoms with Gasteiger partial charge in [-0.2, -0.15) is 4.31 Å². The van der Waals surface area contributed by atoms with Crippen molar-refractivity contribution in [1.29, 1.82) is 0 Å². The van der Waals surface area contributed by atoms with Gasteiger partial charge in [0.05, 0.1) is 11.0 Å². The van der Waals surface area contributed by atoms with Crippen LogP contribution in [0.3, 0.4) is 0 Å². The molecule has 0 spiro atoms. The van der Waals surface area contributed by atoms with Gasteiger partial charge in [-0.05, 0) is 37.9 Å². The van der Waals surface area contributed by atoms with E-state index in [0.717, 1.165) is 18.6 Å². The van der Waals surface area contributed by atoms with Crippen LogP contribution in [0.5, 0.6) is 5.75 Å². The molecular formula is C15H21F3N2O4S. The van der Waals surface area contributed by atoms with Gasteiger partial charge in [-0.1, -0.05) is 6.07 Å². The second kappa shape index (κ2) is 8.35. The summed E-state index contributed by atoms with van der Waals surface area (Å²) in [5.74, 6) is -0.562. The van der Waals surface area contributed by atoms with Gasteiger partial charge in [-0.15, -0.1) is 13.2 Å². The normalized spacial score (nSPS) is 17.6. The molecule has 0 atom stereocenters. The van der Waals surface area contributed by atoms with Gasteiger partial charge < -0.3 is 15.2 Å². The number of rotatable bonds is 7. The number of sulfonamides is 1. The van der Waals surface area contributed by atoms with Crippen molar-refractivity contribution in [3.05, 3.63) is 24.3 Å². The monoisotopic (exact) mass is 382 g/mol. The first kappa shape index (κ1) is 20.0. The van der Waals surface area contributed by atoms with Crippen LogP contribution in [0.15, 0.2) is 29.2 Å². The molecule has 1 heterocycles. The molecule has 1 fully saturated rings. The van der Waals surface area contributed by atoms with Crippen LogP contribution in [0.25, 0.3) is 0 Å². The molecule has 0 saturated carbocycles. The Hall–Kier alpha value is -1.36. The SMILES string of the molecule is NCCCOC1CCN(S(=O)(=O)c2cccc(OC(F)(F)F)c2)CC1. The van der Waals surface area contributed by atoms with Gasteiger partial charge in [0.1, 0.15) is 5.75 Å². The molecule has 0 aliphatic carbocycles. The van der Waals surface area contributed by atoms with Crippen LogP contribution < -0.4 is 10.5 Å². The van der Waals surface area contributed by atoms with Crippen LogP contribution in [0.4, 0.5) is 13.2 Å². The van der Waals surface area contributed by atoms with Crippen LogP contribution in [0.2, 0.25) is 0 Å². The predicted octanol–water partition coefficient (Wildman–Crippen LogP) is 2.10. The molecule has 1 aromatic carbocycles. The van der Waals surface area contributed by atoms with Crippen LogP contribution in [0, 0.1) is 0 Å². The summed E-state index contributed by atoms with van der Waals surface area (Å²) in [5, 5.41) is 0. The molecule has 6 nitrogen and oxygen atoms in total. The van der Waals surface area contributed by atoms with Crippen LogP contribution >= 0.6 is 0 Å². The number of hydrogen-bond donors (Lipinski definition) is 1. The second-order valence-corrected chi connectivity index (χ2v) is 7.58. The third-order valence-electron chi connectivity index (χ3n) is 3.78. The lowest BCUT2D eigenvalue weighted by molar-refractivity contribution is -0.274. The van der Waals surface area contributed by atoms with E-state index in [4.69, 9.17) is 10.5 Å². The van der Waals surface area contributed by atoms with E-state index >= 15 is 0 Å². The van der Waals surface area contributed by atoms with Gasteiger partial charge in [-0.25, -0.2) is 8.42 Å². The fourth-order valence-corrected chi connectivity index (χ4v) is 4.06. The number of hydrogen-bond acceptors (Lipinski definition) is 5. The van der Waals surface area contributed by atoms with Gasteiger partial charge in [0.2, 0.25) is 10.0 Å². The fourth-order valence-electron chi connectivity index (χ4n) is 2.55. The maximum Gasteiger partial charge on any atom is 0.573 e. The van der Waals surface area contributed by atoms with E-state index in [0.29, 0.717) is 26.0 Å². The maximum absolute atomic E-state index is 12.6. The molecule has 2 rings (SSSR count). The number of ether oxygens (including phenoxy) is 2. The van der Waals surface area contributed by atoms with Crippen molar-refractivity contribution in [2.24, 2.45) is 5.73 Å². The highest BCUT2D eigenvalue weighted by Crippen LogP contribution is 2.27. The minimum Gasteiger partial charge on any atom is -0.406 e. The third-order valence-corrected chi connectivity index (χ3v) is 5.67. The molecule has 0 unspecified atom stereocenters. The smallest absolute Gasteiger partial charge is 0.406 e. The highest BCUT2D eigenvalue weighted by Gasteiger charge is 2.33. The maximum atomic E-state index is 12.6. The van der Waals surface area contributed by atoms with E-state index in [9.17, 15) is 21.6 Å². The second-order valence-electron chi connectivity index (χ2n) is 5.64. The zero-order valence-electron chi connectivity index (χ0n) is 13.5. The standard InChI is InChI=1S/C15H21F3N2O4S/c16-15(17,18)24-13-3-1-4-14(11-13)25(21,22)20-8-5-12(6-9-20)23-10-2-7-19/h1,3-4,11-12H,2,5-10,19H2. The quantitative estimate of drug-likeness (QED) is 0.731. The summed E-state index contributed by atoms with van der Waals surface area (Å²) in [6.45, 7) is 1.56. The van der Waals surface area contributed by atoms with E-state index in [1.807, 2.05) is 0 Å². The van der Waals surface area contributed by atoms with Gasteiger partial charge in [0.15, 0.2) is 0 Å². The van der Waals surface area contributed by atoms with Crippen molar-refractivity contribution >= 4 is 10.0 Å². The minimum atomic E-state index is -4.87. The van der Waals surface area contributed by atoms with Gasteiger partial charge >= 0.3 is 6.36 Å². The lowest BCUT2D eigenvalue weighted by Gasteiger charge is -2.31. The number of nitrogens with two attached hydrogens (primary N) is 1. The molecule has 25 heavy (non-hydrogen) atoms. The Morgan fingerprint density at radius 2 is 1.92 bits per heavy atom. The summed E-state index contributed by atoms with van der Waals surface area (Å²) in [6, 6.07) is 4.41. The van der Waals surface area contributed by atoms with Gasteiger partial charge in [0, 0.05) is 25.8 Å². The molecule has 2 N–H and O–H groups in total. The Labute approximate surface area is 144 Å². The van der Waals surface area contributed by atoms with Crippen molar-refractivity contribution < 1.29 is 31.1 Å². The number of alkyl halides is 3. The zero-order valence-corrected chi connectivity index (χ0v) is 14.4. The van der Waals surface area contributed by atoms with Gasteiger partial charge in [0.25, 0.3) is 0 Å². The Morgan fingerprint density at radius 3 is 2.52 bits per heavy atom. The van der Waals surface area contributed by atoms with Gasteiger partial charge in [-0.3, -0.25) is 0 Å². The topological polar surface area (TPSA) is 81.9 Å². The Bertz CT molecular complexity index is 659. The molecule has 1 saturated heterocycles.